The van der Waals surface area contributed by atoms with Gasteiger partial charge in [0.2, 0.25) is 0 Å². The quantitative estimate of drug-likeness (QED) is 0.905. The summed E-state index contributed by atoms with van der Waals surface area (Å²) in [6, 6.07) is 10.3. The van der Waals surface area contributed by atoms with E-state index in [1.54, 1.807) is 11.3 Å². The molecular formula is C18H20N2O2S. The van der Waals surface area contributed by atoms with Crippen LogP contribution in [0.2, 0.25) is 0 Å². The molecule has 1 aromatic heterocycles. The number of hydrogen-bond donors (Lipinski definition) is 2. The number of carbonyl (C=O) groups is 1. The van der Waals surface area contributed by atoms with E-state index in [-0.39, 0.29) is 5.91 Å². The molecule has 4 nitrogen and oxygen atoms in total. The van der Waals surface area contributed by atoms with E-state index in [4.69, 9.17) is 4.74 Å². The summed E-state index contributed by atoms with van der Waals surface area (Å²) in [6.07, 6.45) is 2.24. The molecule has 1 saturated carbocycles. The van der Waals surface area contributed by atoms with Crippen molar-refractivity contribution >= 4 is 17.2 Å². The first-order chi connectivity index (χ1) is 11.2. The Morgan fingerprint density at radius 2 is 2.13 bits per heavy atom. The van der Waals surface area contributed by atoms with Crippen LogP contribution in [0.1, 0.15) is 28.8 Å². The Hall–Kier alpha value is -1.85. The highest BCUT2D eigenvalue weighted by atomic mass is 32.1. The van der Waals surface area contributed by atoms with Crippen molar-refractivity contribution in [1.82, 2.24) is 10.6 Å². The van der Waals surface area contributed by atoms with Crippen LogP contribution in [0.3, 0.4) is 0 Å². The molecule has 2 heterocycles. The molecule has 4 rings (SSSR count). The van der Waals surface area contributed by atoms with E-state index in [1.165, 1.54) is 12.0 Å². The minimum Gasteiger partial charge on any atom is -0.447 e. The van der Waals surface area contributed by atoms with Gasteiger partial charge < -0.3 is 15.4 Å². The maximum absolute atomic E-state index is 12.4. The van der Waals surface area contributed by atoms with Gasteiger partial charge in [-0.3, -0.25) is 4.79 Å². The first kappa shape index (κ1) is 14.7. The third-order valence-corrected chi connectivity index (χ3v) is 5.64. The van der Waals surface area contributed by atoms with Crippen molar-refractivity contribution < 1.29 is 9.53 Å². The van der Waals surface area contributed by atoms with Crippen molar-refractivity contribution in [2.45, 2.75) is 31.8 Å². The smallest absolute Gasteiger partial charge is 0.251 e. The largest absolute Gasteiger partial charge is 0.447 e. The average molecular weight is 328 g/mol. The number of ether oxygens (including phenoxy) is 1. The predicted octanol–water partition coefficient (Wildman–Crippen LogP) is 3.33. The molecule has 1 aromatic carbocycles. The molecule has 3 atom stereocenters. The van der Waals surface area contributed by atoms with Crippen molar-refractivity contribution in [3.63, 3.8) is 0 Å². The Labute approximate surface area is 139 Å². The normalized spacial score (nSPS) is 25.5. The van der Waals surface area contributed by atoms with E-state index in [2.05, 4.69) is 16.0 Å². The van der Waals surface area contributed by atoms with Crippen LogP contribution in [0.5, 0.6) is 10.8 Å². The van der Waals surface area contributed by atoms with Crippen molar-refractivity contribution in [1.29, 1.82) is 0 Å². The van der Waals surface area contributed by atoms with E-state index in [0.29, 0.717) is 23.6 Å². The Kier molecular flexibility index (Phi) is 3.83. The van der Waals surface area contributed by atoms with Crippen LogP contribution in [0, 0.1) is 12.8 Å². The molecule has 1 amide bonds. The van der Waals surface area contributed by atoms with E-state index < -0.39 is 0 Å². The topological polar surface area (TPSA) is 50.4 Å². The lowest BCUT2D eigenvalue weighted by molar-refractivity contribution is 0.0925. The number of rotatable bonds is 4. The zero-order valence-electron chi connectivity index (χ0n) is 13.0. The number of piperidine rings is 1. The number of thiophene rings is 1. The Balaban J connectivity index is 1.38. The number of carbonyl (C=O) groups excluding carboxylic acids is 1. The molecule has 0 radical (unpaired) electrons. The fourth-order valence-corrected chi connectivity index (χ4v) is 4.28. The Morgan fingerprint density at radius 3 is 2.74 bits per heavy atom. The summed E-state index contributed by atoms with van der Waals surface area (Å²) in [7, 11) is 0. The highest BCUT2D eigenvalue weighted by Crippen LogP contribution is 2.31. The maximum Gasteiger partial charge on any atom is 0.251 e. The van der Waals surface area contributed by atoms with Crippen LogP contribution in [0.25, 0.3) is 0 Å². The molecule has 1 aliphatic heterocycles. The van der Waals surface area contributed by atoms with Crippen molar-refractivity contribution in [2.75, 3.05) is 6.54 Å². The highest BCUT2D eigenvalue weighted by Gasteiger charge is 2.39. The fourth-order valence-electron chi connectivity index (χ4n) is 3.51. The summed E-state index contributed by atoms with van der Waals surface area (Å²) >= 11 is 1.58. The third kappa shape index (κ3) is 3.12. The summed E-state index contributed by atoms with van der Waals surface area (Å²) in [4.78, 5) is 12.4. The molecule has 2 aliphatic rings. The van der Waals surface area contributed by atoms with E-state index in [0.717, 1.165) is 23.8 Å². The number of hydrogen-bond acceptors (Lipinski definition) is 4. The van der Waals surface area contributed by atoms with Gasteiger partial charge in [-0.2, -0.15) is 0 Å². The van der Waals surface area contributed by atoms with E-state index in [1.807, 2.05) is 37.3 Å². The first-order valence-electron chi connectivity index (χ1n) is 8.05. The average Bonchev–Trinajstić information content (AvgIpc) is 3.25. The second-order valence-electron chi connectivity index (χ2n) is 6.49. The number of amides is 1. The molecule has 1 aliphatic carbocycles. The van der Waals surface area contributed by atoms with Crippen LogP contribution >= 0.6 is 11.3 Å². The van der Waals surface area contributed by atoms with Gasteiger partial charge in [0.1, 0.15) is 5.75 Å². The standard InChI is InChI=1S/C18H20N2O2S/c1-11-6-17(23-10-11)22-15-4-2-12(3-5-15)18(21)20-16-8-14-7-13(16)9-19-14/h2-6,10,13-14,16,19H,7-9H2,1H3,(H,20,21). The number of aryl methyl sites for hydroxylation is 1. The molecule has 1 saturated heterocycles. The lowest BCUT2D eigenvalue weighted by Gasteiger charge is -2.23. The molecule has 120 valence electrons. The zero-order valence-corrected chi connectivity index (χ0v) is 13.9. The molecular weight excluding hydrogens is 308 g/mol. The van der Waals surface area contributed by atoms with Crippen molar-refractivity contribution in [2.24, 2.45) is 5.92 Å². The van der Waals surface area contributed by atoms with Crippen LogP contribution in [-0.4, -0.2) is 24.5 Å². The summed E-state index contributed by atoms with van der Waals surface area (Å²) < 4.78 is 5.79. The maximum atomic E-state index is 12.4. The second kappa shape index (κ2) is 5.98. The van der Waals surface area contributed by atoms with Gasteiger partial charge >= 0.3 is 0 Å². The van der Waals surface area contributed by atoms with E-state index in [9.17, 15) is 4.79 Å². The molecule has 2 bridgehead atoms. The van der Waals surface area contributed by atoms with Gasteiger partial charge in [0.25, 0.3) is 5.91 Å². The summed E-state index contributed by atoms with van der Waals surface area (Å²) in [5.74, 6) is 1.36. The van der Waals surface area contributed by atoms with E-state index >= 15 is 0 Å². The van der Waals surface area contributed by atoms with Gasteiger partial charge in [0.05, 0.1) is 0 Å². The van der Waals surface area contributed by atoms with Crippen molar-refractivity contribution in [3.8, 4) is 10.8 Å². The van der Waals surface area contributed by atoms with Crippen LogP contribution < -0.4 is 15.4 Å². The number of nitrogens with one attached hydrogen (secondary N) is 2. The van der Waals surface area contributed by atoms with Gasteiger partial charge in [-0.1, -0.05) is 0 Å². The monoisotopic (exact) mass is 328 g/mol. The Morgan fingerprint density at radius 1 is 1.30 bits per heavy atom. The molecule has 5 heteroatoms. The summed E-state index contributed by atoms with van der Waals surface area (Å²) in [5.41, 5.74) is 1.89. The lowest BCUT2D eigenvalue weighted by Crippen LogP contribution is -2.44. The van der Waals surface area contributed by atoms with Gasteiger partial charge in [-0.05, 0) is 67.0 Å². The minimum atomic E-state index is 0.0149. The molecule has 2 fully saturated rings. The zero-order chi connectivity index (χ0) is 15.8. The minimum absolute atomic E-state index is 0.0149. The van der Waals surface area contributed by atoms with Crippen molar-refractivity contribution in [3.05, 3.63) is 46.8 Å². The van der Waals surface area contributed by atoms with Crippen LogP contribution in [-0.2, 0) is 0 Å². The molecule has 3 unspecified atom stereocenters. The Bertz CT molecular complexity index is 710. The van der Waals surface area contributed by atoms with Crippen LogP contribution in [0.4, 0.5) is 0 Å². The van der Waals surface area contributed by atoms with Gasteiger partial charge in [0, 0.05) is 24.2 Å². The molecule has 0 spiro atoms. The summed E-state index contributed by atoms with van der Waals surface area (Å²) in [5, 5.41) is 9.57. The molecule has 2 N–H and O–H groups in total. The first-order valence-corrected chi connectivity index (χ1v) is 8.92. The molecule has 2 aromatic rings. The number of fused-ring (bicyclic) bond motifs is 2. The SMILES string of the molecule is Cc1csc(Oc2ccc(C(=O)NC3CC4CC3CN4)cc2)c1. The predicted molar refractivity (Wildman–Crippen MR) is 91.3 cm³/mol. The van der Waals surface area contributed by atoms with Crippen LogP contribution in [0.15, 0.2) is 35.7 Å². The molecule has 23 heavy (non-hydrogen) atoms. The summed E-state index contributed by atoms with van der Waals surface area (Å²) in [6.45, 7) is 3.07. The highest BCUT2D eigenvalue weighted by molar-refractivity contribution is 7.12. The van der Waals surface area contributed by atoms with Gasteiger partial charge in [-0.25, -0.2) is 0 Å². The number of benzene rings is 1. The third-order valence-electron chi connectivity index (χ3n) is 4.72. The van der Waals surface area contributed by atoms with Gasteiger partial charge in [0.15, 0.2) is 5.06 Å². The lowest BCUT2D eigenvalue weighted by atomic mass is 10.0. The van der Waals surface area contributed by atoms with Gasteiger partial charge in [-0.15, -0.1) is 11.3 Å². The fraction of sp³-hybridized carbons (Fsp3) is 0.389. The second-order valence-corrected chi connectivity index (χ2v) is 7.36.